The highest BCUT2D eigenvalue weighted by molar-refractivity contribution is 8.10. The zero-order chi connectivity index (χ0) is 17.2. The minimum Gasteiger partial charge on any atom is -0.310 e. The van der Waals surface area contributed by atoms with Crippen LogP contribution in [0, 0.1) is 6.92 Å². The Bertz CT molecular complexity index is 935. The number of fused-ring (bicyclic) bond motifs is 1. The van der Waals surface area contributed by atoms with E-state index in [1.165, 1.54) is 0 Å². The Hall–Kier alpha value is -1.68. The number of rotatable bonds is 2. The van der Waals surface area contributed by atoms with E-state index < -0.39 is 9.87 Å². The van der Waals surface area contributed by atoms with Crippen molar-refractivity contribution in [1.29, 1.82) is 0 Å². The summed E-state index contributed by atoms with van der Waals surface area (Å²) in [5.74, 6) is 0.293. The predicted octanol–water partition coefficient (Wildman–Crippen LogP) is -0.00448. The molecule has 1 aliphatic heterocycles. The van der Waals surface area contributed by atoms with Gasteiger partial charge in [-0.05, 0) is 27.7 Å². The van der Waals surface area contributed by atoms with Crippen LogP contribution in [-0.4, -0.2) is 52.7 Å². The molecule has 122 valence electrons. The van der Waals surface area contributed by atoms with Crippen molar-refractivity contribution in [2.24, 2.45) is 0 Å². The van der Waals surface area contributed by atoms with E-state index in [4.69, 9.17) is 7.12 Å². The van der Waals surface area contributed by atoms with Gasteiger partial charge in [-0.25, -0.2) is 22.4 Å². The van der Waals surface area contributed by atoms with Gasteiger partial charge in [-0.3, -0.25) is 4.79 Å². The van der Waals surface area contributed by atoms with Gasteiger partial charge in [-0.1, -0.05) is 0 Å². The van der Waals surface area contributed by atoms with Crippen LogP contribution in [0.15, 0.2) is 4.79 Å². The molecule has 3 heterocycles. The third-order valence-electron chi connectivity index (χ3n) is 3.96. The molecule has 1 fully saturated rings. The molecule has 10 heteroatoms. The van der Waals surface area contributed by atoms with E-state index in [0.717, 1.165) is 4.31 Å². The van der Waals surface area contributed by atoms with Crippen molar-refractivity contribution in [2.45, 2.75) is 39.2 Å². The zero-order valence-electron chi connectivity index (χ0n) is 13.5. The standard InChI is InChI=1S/C13H18BN5O3S/c1-7-9-11(19(17-7)13(2,3)4)15-10(16-12(9)20)8-5-18(6-8)23(14,21)22/h8H,5-6H2,1-4H3,(H,15,16,20). The average Bonchev–Trinajstić information content (AvgIpc) is 2.62. The summed E-state index contributed by atoms with van der Waals surface area (Å²) in [6, 6.07) is 0. The summed E-state index contributed by atoms with van der Waals surface area (Å²) in [6.07, 6.45) is 0. The molecule has 0 bridgehead atoms. The van der Waals surface area contributed by atoms with Gasteiger partial charge in [0, 0.05) is 19.0 Å². The van der Waals surface area contributed by atoms with Crippen LogP contribution in [0.1, 0.15) is 38.2 Å². The van der Waals surface area contributed by atoms with Gasteiger partial charge in [-0.2, -0.15) is 5.10 Å². The van der Waals surface area contributed by atoms with Crippen LogP contribution in [0.4, 0.5) is 0 Å². The SMILES string of the molecule is [B]S(=O)(=O)N1CC(c2nc3c(c(C)nn3C(C)(C)C)c(=O)[nH]2)C1. The number of nitrogens with one attached hydrogen (secondary N) is 1. The lowest BCUT2D eigenvalue weighted by Crippen LogP contribution is -2.49. The first kappa shape index (κ1) is 16.2. The smallest absolute Gasteiger partial charge is 0.278 e. The Balaban J connectivity index is 2.07. The first-order chi connectivity index (χ1) is 10.5. The number of aryl methyl sites for hydroxylation is 1. The number of hydrogen-bond donors (Lipinski definition) is 1. The van der Waals surface area contributed by atoms with Crippen molar-refractivity contribution in [3.05, 3.63) is 21.9 Å². The lowest BCUT2D eigenvalue weighted by molar-refractivity contribution is 0.260. The van der Waals surface area contributed by atoms with Gasteiger partial charge < -0.3 is 4.98 Å². The molecule has 2 radical (unpaired) electrons. The average molecular weight is 335 g/mol. The molecule has 0 amide bonds. The second-order valence-electron chi connectivity index (χ2n) is 6.88. The third kappa shape index (κ3) is 2.69. The molecule has 0 aliphatic carbocycles. The van der Waals surface area contributed by atoms with Crippen LogP contribution < -0.4 is 5.56 Å². The van der Waals surface area contributed by atoms with Crippen molar-refractivity contribution in [2.75, 3.05) is 13.1 Å². The molecule has 2 aromatic rings. The Morgan fingerprint density at radius 3 is 2.43 bits per heavy atom. The minimum absolute atomic E-state index is 0.172. The van der Waals surface area contributed by atoms with Gasteiger partial charge in [-0.15, -0.1) is 0 Å². The first-order valence-electron chi connectivity index (χ1n) is 7.26. The molecule has 0 saturated carbocycles. The summed E-state index contributed by atoms with van der Waals surface area (Å²) in [5.41, 5.74) is 0.557. The van der Waals surface area contributed by atoms with Crippen molar-refractivity contribution < 1.29 is 8.42 Å². The van der Waals surface area contributed by atoms with Crippen LogP contribution in [0.25, 0.3) is 11.0 Å². The van der Waals surface area contributed by atoms with Gasteiger partial charge in [0.1, 0.15) is 11.2 Å². The number of aromatic nitrogens is 4. The first-order valence-corrected chi connectivity index (χ1v) is 8.76. The van der Waals surface area contributed by atoms with Crippen molar-refractivity contribution in [3.8, 4) is 0 Å². The van der Waals surface area contributed by atoms with Gasteiger partial charge in [0.25, 0.3) is 12.7 Å². The summed E-state index contributed by atoms with van der Waals surface area (Å²) in [6.45, 7) is 8.15. The molecule has 23 heavy (non-hydrogen) atoms. The number of H-pyrrole nitrogens is 1. The molecule has 2 aromatic heterocycles. The number of hydrogen-bond acceptors (Lipinski definition) is 5. The second kappa shape index (κ2) is 4.91. The van der Waals surface area contributed by atoms with E-state index in [2.05, 4.69) is 15.1 Å². The summed E-state index contributed by atoms with van der Waals surface area (Å²) < 4.78 is 25.4. The van der Waals surface area contributed by atoms with Gasteiger partial charge in [0.15, 0.2) is 15.5 Å². The van der Waals surface area contributed by atoms with Gasteiger partial charge >= 0.3 is 0 Å². The van der Waals surface area contributed by atoms with E-state index in [0.29, 0.717) is 22.6 Å². The molecule has 1 N–H and O–H groups in total. The van der Waals surface area contributed by atoms with Crippen LogP contribution in [-0.2, 0) is 15.4 Å². The Morgan fingerprint density at radius 1 is 1.30 bits per heavy atom. The second-order valence-corrected chi connectivity index (χ2v) is 8.42. The van der Waals surface area contributed by atoms with Gasteiger partial charge in [0.05, 0.1) is 11.2 Å². The van der Waals surface area contributed by atoms with E-state index in [1.54, 1.807) is 11.6 Å². The molecule has 0 aromatic carbocycles. The molecule has 3 rings (SSSR count). The summed E-state index contributed by atoms with van der Waals surface area (Å²) in [5, 5.41) is 4.89. The molecular weight excluding hydrogens is 317 g/mol. The normalized spacial score (nSPS) is 17.6. The quantitative estimate of drug-likeness (QED) is 0.778. The fourth-order valence-corrected chi connectivity index (χ4v) is 3.46. The molecule has 0 atom stereocenters. The maximum atomic E-state index is 12.4. The van der Waals surface area contributed by atoms with E-state index >= 15 is 0 Å². The monoisotopic (exact) mass is 335 g/mol. The summed E-state index contributed by atoms with van der Waals surface area (Å²) in [4.78, 5) is 19.7. The van der Waals surface area contributed by atoms with E-state index in [1.807, 2.05) is 20.8 Å². The number of aromatic amines is 1. The minimum atomic E-state index is -3.69. The lowest BCUT2D eigenvalue weighted by Gasteiger charge is -2.36. The van der Waals surface area contributed by atoms with Gasteiger partial charge in [0.2, 0.25) is 0 Å². The maximum Gasteiger partial charge on any atom is 0.278 e. The van der Waals surface area contributed by atoms with E-state index in [9.17, 15) is 13.2 Å². The molecule has 0 unspecified atom stereocenters. The molecule has 1 aliphatic rings. The third-order valence-corrected chi connectivity index (χ3v) is 4.98. The lowest BCUT2D eigenvalue weighted by atomic mass is 10.0. The highest BCUT2D eigenvalue weighted by Crippen LogP contribution is 2.27. The van der Waals surface area contributed by atoms with Crippen molar-refractivity contribution >= 4 is 28.0 Å². The van der Waals surface area contributed by atoms with Crippen LogP contribution in [0.2, 0.25) is 0 Å². The van der Waals surface area contributed by atoms with E-state index in [-0.39, 0.29) is 30.1 Å². The summed E-state index contributed by atoms with van der Waals surface area (Å²) in [7, 11) is 1.39. The number of nitrogens with zero attached hydrogens (tertiary/aromatic N) is 4. The highest BCUT2D eigenvalue weighted by Gasteiger charge is 2.36. The van der Waals surface area contributed by atoms with Crippen LogP contribution >= 0.6 is 0 Å². The largest absolute Gasteiger partial charge is 0.310 e. The predicted molar refractivity (Wildman–Crippen MR) is 86.9 cm³/mol. The fraction of sp³-hybridized carbons (Fsp3) is 0.615. The van der Waals surface area contributed by atoms with Crippen molar-refractivity contribution in [1.82, 2.24) is 24.1 Å². The van der Waals surface area contributed by atoms with Crippen molar-refractivity contribution in [3.63, 3.8) is 0 Å². The molecule has 1 saturated heterocycles. The fourth-order valence-electron chi connectivity index (χ4n) is 2.68. The Labute approximate surface area is 135 Å². The Morgan fingerprint density at radius 2 is 1.91 bits per heavy atom. The maximum absolute atomic E-state index is 12.4. The summed E-state index contributed by atoms with van der Waals surface area (Å²) >= 11 is 0. The molecule has 8 nitrogen and oxygen atoms in total. The Kier molecular flexibility index (Phi) is 3.46. The zero-order valence-corrected chi connectivity index (χ0v) is 14.3. The van der Waals surface area contributed by atoms with Crippen LogP contribution in [0.3, 0.4) is 0 Å². The highest BCUT2D eigenvalue weighted by atomic mass is 32.2. The molecular formula is C13H18BN5O3S. The van der Waals surface area contributed by atoms with Crippen LogP contribution in [0.5, 0.6) is 0 Å². The molecule has 0 spiro atoms. The topological polar surface area (TPSA) is 101 Å².